The Morgan fingerprint density at radius 2 is 1.90 bits per heavy atom. The van der Waals surface area contributed by atoms with Crippen LogP contribution in [0.4, 0.5) is 4.79 Å². The van der Waals surface area contributed by atoms with Gasteiger partial charge in [-0.1, -0.05) is 53.6 Å². The van der Waals surface area contributed by atoms with Crippen LogP contribution >= 0.6 is 11.6 Å². The molecule has 3 nitrogen and oxygen atoms in total. The van der Waals surface area contributed by atoms with Crippen molar-refractivity contribution in [2.45, 2.75) is 26.4 Å². The van der Waals surface area contributed by atoms with Crippen molar-refractivity contribution >= 4 is 17.6 Å². The second-order valence-corrected chi connectivity index (χ2v) is 5.53. The molecular formula is C17H19ClN2O. The third-order valence-electron chi connectivity index (χ3n) is 3.27. The van der Waals surface area contributed by atoms with E-state index in [1.54, 1.807) is 0 Å². The Morgan fingerprint density at radius 3 is 2.57 bits per heavy atom. The van der Waals surface area contributed by atoms with Crippen LogP contribution in [0.3, 0.4) is 0 Å². The van der Waals surface area contributed by atoms with Gasteiger partial charge in [0.05, 0.1) is 6.04 Å². The van der Waals surface area contributed by atoms with Crippen LogP contribution in [0.1, 0.15) is 29.7 Å². The molecule has 0 aliphatic rings. The summed E-state index contributed by atoms with van der Waals surface area (Å²) in [6, 6.07) is 15.3. The van der Waals surface area contributed by atoms with Crippen LogP contribution in [0.5, 0.6) is 0 Å². The van der Waals surface area contributed by atoms with E-state index in [2.05, 4.69) is 10.6 Å². The molecule has 0 spiro atoms. The first-order valence-corrected chi connectivity index (χ1v) is 7.28. The Bertz CT molecular complexity index is 610. The molecule has 0 aromatic heterocycles. The van der Waals surface area contributed by atoms with Crippen molar-refractivity contribution in [2.24, 2.45) is 0 Å². The molecule has 0 radical (unpaired) electrons. The van der Waals surface area contributed by atoms with E-state index in [0.717, 1.165) is 11.1 Å². The van der Waals surface area contributed by atoms with E-state index in [1.807, 2.05) is 62.4 Å². The van der Waals surface area contributed by atoms with E-state index in [0.29, 0.717) is 11.6 Å². The first-order chi connectivity index (χ1) is 10.0. The van der Waals surface area contributed by atoms with Gasteiger partial charge >= 0.3 is 6.03 Å². The maximum atomic E-state index is 11.9. The number of carbonyl (C=O) groups excluding carboxylic acids is 1. The molecule has 110 valence electrons. The van der Waals surface area contributed by atoms with E-state index >= 15 is 0 Å². The molecule has 2 rings (SSSR count). The van der Waals surface area contributed by atoms with Crippen molar-refractivity contribution in [1.29, 1.82) is 0 Å². The first-order valence-electron chi connectivity index (χ1n) is 6.90. The van der Waals surface area contributed by atoms with Crippen molar-refractivity contribution in [2.75, 3.05) is 0 Å². The molecule has 0 bridgehead atoms. The number of carbonyl (C=O) groups is 1. The average molecular weight is 303 g/mol. The smallest absolute Gasteiger partial charge is 0.315 e. The fraction of sp³-hybridized carbons (Fsp3) is 0.235. The number of benzene rings is 2. The number of urea groups is 1. The van der Waals surface area contributed by atoms with Gasteiger partial charge in [0.15, 0.2) is 0 Å². The SMILES string of the molecule is Cc1ccc(CNC(=O)N[C@@H](C)c2cccc(Cl)c2)cc1. The summed E-state index contributed by atoms with van der Waals surface area (Å²) in [4.78, 5) is 11.9. The second kappa shape index (κ2) is 7.14. The van der Waals surface area contributed by atoms with E-state index in [4.69, 9.17) is 11.6 Å². The van der Waals surface area contributed by atoms with E-state index in [9.17, 15) is 4.79 Å². The van der Waals surface area contributed by atoms with Crippen LogP contribution in [0, 0.1) is 6.92 Å². The fourth-order valence-corrected chi connectivity index (χ4v) is 2.19. The Labute approximate surface area is 130 Å². The lowest BCUT2D eigenvalue weighted by atomic mass is 10.1. The number of aryl methyl sites for hydroxylation is 1. The summed E-state index contributed by atoms with van der Waals surface area (Å²) < 4.78 is 0. The molecule has 0 saturated carbocycles. The second-order valence-electron chi connectivity index (χ2n) is 5.09. The molecule has 2 aromatic carbocycles. The summed E-state index contributed by atoms with van der Waals surface area (Å²) in [6.45, 7) is 4.47. The first kappa shape index (κ1) is 15.4. The maximum absolute atomic E-state index is 11.9. The molecule has 0 fully saturated rings. The molecular weight excluding hydrogens is 284 g/mol. The third-order valence-corrected chi connectivity index (χ3v) is 3.51. The maximum Gasteiger partial charge on any atom is 0.315 e. The van der Waals surface area contributed by atoms with Gasteiger partial charge in [-0.3, -0.25) is 0 Å². The molecule has 2 aromatic rings. The molecule has 0 saturated heterocycles. The van der Waals surface area contributed by atoms with Gasteiger partial charge in [-0.25, -0.2) is 4.79 Å². The zero-order valence-electron chi connectivity index (χ0n) is 12.2. The van der Waals surface area contributed by atoms with Crippen LogP contribution in [-0.2, 0) is 6.54 Å². The summed E-state index contributed by atoms with van der Waals surface area (Å²) in [7, 11) is 0. The van der Waals surface area contributed by atoms with Crippen LogP contribution in [-0.4, -0.2) is 6.03 Å². The normalized spacial score (nSPS) is 11.8. The highest BCUT2D eigenvalue weighted by Crippen LogP contribution is 2.17. The third kappa shape index (κ3) is 4.80. The molecule has 21 heavy (non-hydrogen) atoms. The summed E-state index contributed by atoms with van der Waals surface area (Å²) in [6.07, 6.45) is 0. The monoisotopic (exact) mass is 302 g/mol. The van der Waals surface area contributed by atoms with Crippen LogP contribution in [0.25, 0.3) is 0 Å². The molecule has 0 heterocycles. The van der Waals surface area contributed by atoms with Crippen LogP contribution in [0.2, 0.25) is 5.02 Å². The van der Waals surface area contributed by atoms with Gasteiger partial charge in [0.2, 0.25) is 0 Å². The van der Waals surface area contributed by atoms with Crippen LogP contribution in [0.15, 0.2) is 48.5 Å². The summed E-state index contributed by atoms with van der Waals surface area (Å²) in [5, 5.41) is 6.41. The van der Waals surface area contributed by atoms with Crippen molar-refractivity contribution in [3.05, 3.63) is 70.2 Å². The van der Waals surface area contributed by atoms with Crippen molar-refractivity contribution < 1.29 is 4.79 Å². The van der Waals surface area contributed by atoms with E-state index < -0.39 is 0 Å². The molecule has 0 unspecified atom stereocenters. The average Bonchev–Trinajstić information content (AvgIpc) is 2.46. The largest absolute Gasteiger partial charge is 0.334 e. The quantitative estimate of drug-likeness (QED) is 0.873. The highest BCUT2D eigenvalue weighted by atomic mass is 35.5. The van der Waals surface area contributed by atoms with Gasteiger partial charge in [0.1, 0.15) is 0 Å². The van der Waals surface area contributed by atoms with E-state index in [1.165, 1.54) is 5.56 Å². The molecule has 2 N–H and O–H groups in total. The lowest BCUT2D eigenvalue weighted by molar-refractivity contribution is 0.237. The topological polar surface area (TPSA) is 41.1 Å². The minimum Gasteiger partial charge on any atom is -0.334 e. The zero-order valence-corrected chi connectivity index (χ0v) is 12.9. The van der Waals surface area contributed by atoms with Gasteiger partial charge in [-0.15, -0.1) is 0 Å². The number of hydrogen-bond donors (Lipinski definition) is 2. The van der Waals surface area contributed by atoms with Gasteiger partial charge in [-0.05, 0) is 37.1 Å². The zero-order chi connectivity index (χ0) is 15.2. The minimum absolute atomic E-state index is 0.0956. The summed E-state index contributed by atoms with van der Waals surface area (Å²) in [5.41, 5.74) is 3.26. The minimum atomic E-state index is -0.192. The Kier molecular flexibility index (Phi) is 5.23. The number of nitrogens with one attached hydrogen (secondary N) is 2. The summed E-state index contributed by atoms with van der Waals surface area (Å²) >= 11 is 5.95. The summed E-state index contributed by atoms with van der Waals surface area (Å²) in [5.74, 6) is 0. The van der Waals surface area contributed by atoms with Crippen LogP contribution < -0.4 is 10.6 Å². The van der Waals surface area contributed by atoms with Crippen molar-refractivity contribution in [3.63, 3.8) is 0 Å². The predicted molar refractivity (Wildman–Crippen MR) is 86.4 cm³/mol. The lowest BCUT2D eigenvalue weighted by Gasteiger charge is -2.15. The molecule has 4 heteroatoms. The molecule has 2 amide bonds. The van der Waals surface area contributed by atoms with Crippen molar-refractivity contribution in [3.8, 4) is 0 Å². The predicted octanol–water partition coefficient (Wildman–Crippen LogP) is 4.21. The van der Waals surface area contributed by atoms with Crippen molar-refractivity contribution in [1.82, 2.24) is 10.6 Å². The standard InChI is InChI=1S/C17H19ClN2O/c1-12-6-8-14(9-7-12)11-19-17(21)20-13(2)15-4-3-5-16(18)10-15/h3-10,13H,11H2,1-2H3,(H2,19,20,21)/t13-/m0/s1. The van der Waals surface area contributed by atoms with Gasteiger partial charge in [0.25, 0.3) is 0 Å². The highest BCUT2D eigenvalue weighted by molar-refractivity contribution is 6.30. The number of amides is 2. The number of halogens is 1. The van der Waals surface area contributed by atoms with Gasteiger partial charge < -0.3 is 10.6 Å². The lowest BCUT2D eigenvalue weighted by Crippen LogP contribution is -2.36. The van der Waals surface area contributed by atoms with E-state index in [-0.39, 0.29) is 12.1 Å². The Morgan fingerprint density at radius 1 is 1.19 bits per heavy atom. The molecule has 0 aliphatic carbocycles. The fourth-order valence-electron chi connectivity index (χ4n) is 2.00. The highest BCUT2D eigenvalue weighted by Gasteiger charge is 2.09. The van der Waals surface area contributed by atoms with Gasteiger partial charge in [-0.2, -0.15) is 0 Å². The molecule has 0 aliphatic heterocycles. The Hall–Kier alpha value is -2.00. The van der Waals surface area contributed by atoms with Gasteiger partial charge in [0, 0.05) is 11.6 Å². The number of rotatable bonds is 4. The molecule has 1 atom stereocenters. The Balaban J connectivity index is 1.85. The number of hydrogen-bond acceptors (Lipinski definition) is 1.